The van der Waals surface area contributed by atoms with E-state index < -0.39 is 11.8 Å². The van der Waals surface area contributed by atoms with Gasteiger partial charge < -0.3 is 14.7 Å². The molecule has 0 radical (unpaired) electrons. The van der Waals surface area contributed by atoms with Gasteiger partial charge >= 0.3 is 0 Å². The number of methoxy groups -OCH3 is 1. The van der Waals surface area contributed by atoms with Crippen molar-refractivity contribution in [3.8, 4) is 5.75 Å². The van der Waals surface area contributed by atoms with E-state index in [0.29, 0.717) is 16.9 Å². The fourth-order valence-corrected chi connectivity index (χ4v) is 2.22. The number of fused-ring (bicyclic) bond motifs is 1. The van der Waals surface area contributed by atoms with Crippen molar-refractivity contribution in [3.05, 3.63) is 29.3 Å². The number of aliphatic hydroxyl groups is 1. The van der Waals surface area contributed by atoms with Crippen LogP contribution in [0.5, 0.6) is 5.75 Å². The molecule has 4 nitrogen and oxygen atoms in total. The summed E-state index contributed by atoms with van der Waals surface area (Å²) < 4.78 is 5.20. The van der Waals surface area contributed by atoms with Crippen LogP contribution in [0.3, 0.4) is 0 Å². The number of rotatable bonds is 1. The van der Waals surface area contributed by atoms with E-state index in [1.165, 1.54) is 12.0 Å². The minimum absolute atomic E-state index is 0.154. The molecule has 1 atom stereocenters. The zero-order valence-corrected chi connectivity index (χ0v) is 10.5. The number of ether oxygens (including phenoxy) is 1. The van der Waals surface area contributed by atoms with E-state index in [0.717, 1.165) is 0 Å². The number of carbonyl (C=O) groups excluding carboxylic acids is 1. The van der Waals surface area contributed by atoms with Crippen LogP contribution in [0, 0.1) is 0 Å². The Morgan fingerprint density at radius 2 is 2.00 bits per heavy atom. The first kappa shape index (κ1) is 11.9. The number of nitrogens with zero attached hydrogens (tertiary/aromatic N) is 1. The summed E-state index contributed by atoms with van der Waals surface area (Å²) in [5.74, 6) is 0.397. The molecule has 1 aliphatic rings. The second-order valence-corrected chi connectivity index (χ2v) is 5.14. The van der Waals surface area contributed by atoms with Gasteiger partial charge in [0.2, 0.25) is 0 Å². The van der Waals surface area contributed by atoms with Crippen molar-refractivity contribution in [1.82, 2.24) is 4.90 Å². The van der Waals surface area contributed by atoms with Crippen LogP contribution in [-0.2, 0) is 0 Å². The quantitative estimate of drug-likeness (QED) is 0.809. The van der Waals surface area contributed by atoms with Gasteiger partial charge in [-0.3, -0.25) is 4.79 Å². The van der Waals surface area contributed by atoms with E-state index in [1.54, 1.807) is 18.2 Å². The molecule has 17 heavy (non-hydrogen) atoms. The second-order valence-electron chi connectivity index (χ2n) is 5.14. The zero-order chi connectivity index (χ0) is 12.8. The summed E-state index contributed by atoms with van der Waals surface area (Å²) in [5.41, 5.74) is 0.655. The zero-order valence-electron chi connectivity index (χ0n) is 10.5. The Morgan fingerprint density at radius 1 is 1.35 bits per heavy atom. The predicted molar refractivity (Wildman–Crippen MR) is 63.9 cm³/mol. The lowest BCUT2D eigenvalue weighted by Crippen LogP contribution is -2.43. The lowest BCUT2D eigenvalue weighted by molar-refractivity contribution is -0.0236. The molecule has 1 unspecified atom stereocenters. The van der Waals surface area contributed by atoms with Crippen LogP contribution in [0.4, 0.5) is 0 Å². The third-order valence-corrected chi connectivity index (χ3v) is 2.96. The average molecular weight is 235 g/mol. The Kier molecular flexibility index (Phi) is 2.62. The molecule has 0 aliphatic carbocycles. The highest BCUT2D eigenvalue weighted by Crippen LogP contribution is 2.41. The van der Waals surface area contributed by atoms with Crippen LogP contribution in [-0.4, -0.2) is 28.6 Å². The van der Waals surface area contributed by atoms with Crippen molar-refractivity contribution >= 4 is 5.91 Å². The van der Waals surface area contributed by atoms with E-state index >= 15 is 0 Å². The molecule has 0 saturated carbocycles. The van der Waals surface area contributed by atoms with Crippen molar-refractivity contribution < 1.29 is 14.6 Å². The van der Waals surface area contributed by atoms with Crippen molar-refractivity contribution in [3.63, 3.8) is 0 Å². The van der Waals surface area contributed by atoms with Crippen molar-refractivity contribution in [2.45, 2.75) is 32.5 Å². The molecule has 1 heterocycles. The number of hydrogen-bond donors (Lipinski definition) is 1. The minimum Gasteiger partial charge on any atom is -0.496 e. The summed E-state index contributed by atoms with van der Waals surface area (Å²) in [4.78, 5) is 13.7. The third-order valence-electron chi connectivity index (χ3n) is 2.96. The highest BCUT2D eigenvalue weighted by atomic mass is 16.5. The van der Waals surface area contributed by atoms with Crippen LogP contribution in [0.2, 0.25) is 0 Å². The number of aliphatic hydroxyl groups excluding tert-OH is 1. The Labute approximate surface area is 101 Å². The largest absolute Gasteiger partial charge is 0.496 e. The van der Waals surface area contributed by atoms with Crippen LogP contribution < -0.4 is 4.74 Å². The molecule has 1 aromatic rings. The molecule has 0 fully saturated rings. The molecule has 0 aromatic heterocycles. The highest BCUT2D eigenvalue weighted by molar-refractivity contribution is 6.00. The predicted octanol–water partition coefficient (Wildman–Crippen LogP) is 1.94. The van der Waals surface area contributed by atoms with Gasteiger partial charge in [-0.15, -0.1) is 0 Å². The van der Waals surface area contributed by atoms with Crippen LogP contribution in [0.15, 0.2) is 18.2 Å². The van der Waals surface area contributed by atoms with Gasteiger partial charge in [0.15, 0.2) is 6.23 Å². The van der Waals surface area contributed by atoms with Gasteiger partial charge in [0.25, 0.3) is 5.91 Å². The van der Waals surface area contributed by atoms with Gasteiger partial charge in [-0.1, -0.05) is 6.07 Å². The summed E-state index contributed by atoms with van der Waals surface area (Å²) in [6.07, 6.45) is -0.936. The van der Waals surface area contributed by atoms with Gasteiger partial charge in [0.1, 0.15) is 5.75 Å². The summed E-state index contributed by atoms with van der Waals surface area (Å²) >= 11 is 0. The third kappa shape index (κ3) is 1.69. The molecule has 1 aromatic carbocycles. The standard InChI is InChI=1S/C13H17NO3/c1-13(2,3)14-11(15)8-6-5-7-9(17-4)10(8)12(14)16/h5-7,12,16H,1-4H3. The molecule has 1 N–H and O–H groups in total. The highest BCUT2D eigenvalue weighted by Gasteiger charge is 2.43. The van der Waals surface area contributed by atoms with E-state index in [4.69, 9.17) is 4.74 Å². The van der Waals surface area contributed by atoms with Crippen molar-refractivity contribution in [1.29, 1.82) is 0 Å². The summed E-state index contributed by atoms with van der Waals surface area (Å²) in [6.45, 7) is 5.69. The van der Waals surface area contributed by atoms with E-state index in [2.05, 4.69) is 0 Å². The maximum Gasteiger partial charge on any atom is 0.257 e. The number of hydrogen-bond acceptors (Lipinski definition) is 3. The fourth-order valence-electron chi connectivity index (χ4n) is 2.22. The van der Waals surface area contributed by atoms with E-state index in [1.807, 2.05) is 20.8 Å². The van der Waals surface area contributed by atoms with Crippen LogP contribution in [0.1, 0.15) is 42.9 Å². The number of amides is 1. The summed E-state index contributed by atoms with van der Waals surface area (Å²) in [6, 6.07) is 5.23. The van der Waals surface area contributed by atoms with E-state index in [9.17, 15) is 9.90 Å². The normalized spacial score (nSPS) is 19.5. The molecule has 92 valence electrons. The van der Waals surface area contributed by atoms with E-state index in [-0.39, 0.29) is 5.91 Å². The summed E-state index contributed by atoms with van der Waals surface area (Å²) in [7, 11) is 1.53. The van der Waals surface area contributed by atoms with Gasteiger partial charge in [0, 0.05) is 5.54 Å². The van der Waals surface area contributed by atoms with Gasteiger partial charge in [-0.25, -0.2) is 0 Å². The molecular formula is C13H17NO3. The Balaban J connectivity index is 2.57. The van der Waals surface area contributed by atoms with Crippen LogP contribution >= 0.6 is 0 Å². The van der Waals surface area contributed by atoms with Crippen LogP contribution in [0.25, 0.3) is 0 Å². The lowest BCUT2D eigenvalue weighted by atomic mass is 10.1. The smallest absolute Gasteiger partial charge is 0.257 e. The molecule has 0 spiro atoms. The SMILES string of the molecule is COc1cccc2c1C(O)N(C(C)(C)C)C2=O. The fraction of sp³-hybridized carbons (Fsp3) is 0.462. The summed E-state index contributed by atoms with van der Waals surface area (Å²) in [5, 5.41) is 10.3. The maximum atomic E-state index is 12.2. The van der Waals surface area contributed by atoms with Crippen molar-refractivity contribution in [2.75, 3.05) is 7.11 Å². The van der Waals surface area contributed by atoms with Crippen molar-refractivity contribution in [2.24, 2.45) is 0 Å². The monoisotopic (exact) mass is 235 g/mol. The minimum atomic E-state index is -0.936. The Hall–Kier alpha value is -1.55. The number of carbonyl (C=O) groups is 1. The lowest BCUT2D eigenvalue weighted by Gasteiger charge is -2.34. The molecule has 1 aliphatic heterocycles. The average Bonchev–Trinajstić information content (AvgIpc) is 2.51. The molecule has 1 amide bonds. The Bertz CT molecular complexity index is 462. The first-order valence-corrected chi connectivity index (χ1v) is 5.56. The first-order chi connectivity index (χ1) is 7.88. The molecule has 0 bridgehead atoms. The van der Waals surface area contributed by atoms with Gasteiger partial charge in [0.05, 0.1) is 18.2 Å². The Morgan fingerprint density at radius 3 is 2.53 bits per heavy atom. The second kappa shape index (κ2) is 3.74. The molecular weight excluding hydrogens is 218 g/mol. The number of benzene rings is 1. The maximum absolute atomic E-state index is 12.2. The molecule has 0 saturated heterocycles. The molecule has 4 heteroatoms. The topological polar surface area (TPSA) is 49.8 Å². The van der Waals surface area contributed by atoms with Gasteiger partial charge in [-0.2, -0.15) is 0 Å². The molecule has 2 rings (SSSR count). The van der Waals surface area contributed by atoms with Gasteiger partial charge in [-0.05, 0) is 32.9 Å². The first-order valence-electron chi connectivity index (χ1n) is 5.56.